The van der Waals surface area contributed by atoms with Gasteiger partial charge in [-0.1, -0.05) is 0 Å². The van der Waals surface area contributed by atoms with Crippen molar-refractivity contribution in [3.63, 3.8) is 0 Å². The largest absolute Gasteiger partial charge is 0.478 e. The van der Waals surface area contributed by atoms with Crippen LogP contribution in [-0.4, -0.2) is 39.4 Å². The standard InChI is InChI=1S/C16H21BrN2O6/c1-15(2,3)24-13(22)19(14(23)25-16(4,5)6)11-10(17)7-9(8-18-11)12(20)21/h7-8H,1-6H3,(H,20,21). The van der Waals surface area contributed by atoms with E-state index in [9.17, 15) is 14.4 Å². The number of anilines is 1. The quantitative estimate of drug-likeness (QED) is 0.768. The van der Waals surface area contributed by atoms with Crippen LogP contribution in [0.2, 0.25) is 0 Å². The third-order valence-corrected chi connectivity index (χ3v) is 3.02. The zero-order valence-corrected chi connectivity index (χ0v) is 16.5. The van der Waals surface area contributed by atoms with Gasteiger partial charge in [0.05, 0.1) is 10.0 Å². The van der Waals surface area contributed by atoms with Gasteiger partial charge in [-0.05, 0) is 63.5 Å². The molecule has 0 fully saturated rings. The van der Waals surface area contributed by atoms with E-state index in [1.54, 1.807) is 41.5 Å². The van der Waals surface area contributed by atoms with Crippen molar-refractivity contribution in [3.05, 3.63) is 22.3 Å². The number of aromatic nitrogens is 1. The number of pyridine rings is 1. The molecule has 0 bridgehead atoms. The molecular weight excluding hydrogens is 396 g/mol. The minimum atomic E-state index is -1.19. The molecule has 0 atom stereocenters. The van der Waals surface area contributed by atoms with E-state index < -0.39 is 29.4 Å². The molecule has 0 saturated heterocycles. The molecule has 25 heavy (non-hydrogen) atoms. The minimum absolute atomic E-state index is 0.107. The number of aromatic carboxylic acids is 1. The zero-order valence-electron chi connectivity index (χ0n) is 14.9. The number of carbonyl (C=O) groups excluding carboxylic acids is 2. The molecule has 1 N–H and O–H groups in total. The lowest BCUT2D eigenvalue weighted by atomic mass is 10.2. The Labute approximate surface area is 154 Å². The normalized spacial score (nSPS) is 11.6. The average molecular weight is 417 g/mol. The molecule has 0 radical (unpaired) electrons. The number of nitrogens with zero attached hydrogens (tertiary/aromatic N) is 2. The Hall–Kier alpha value is -2.16. The predicted molar refractivity (Wildman–Crippen MR) is 93.8 cm³/mol. The van der Waals surface area contributed by atoms with Gasteiger partial charge in [-0.2, -0.15) is 4.90 Å². The van der Waals surface area contributed by atoms with Crippen molar-refractivity contribution in [1.29, 1.82) is 0 Å². The van der Waals surface area contributed by atoms with Gasteiger partial charge in [-0.15, -0.1) is 0 Å². The van der Waals surface area contributed by atoms with Crippen LogP contribution in [0, 0.1) is 0 Å². The molecule has 1 aromatic heterocycles. The molecule has 1 aromatic rings. The number of carbonyl (C=O) groups is 3. The second kappa shape index (κ2) is 7.38. The lowest BCUT2D eigenvalue weighted by molar-refractivity contribution is 0.0428. The SMILES string of the molecule is CC(C)(C)OC(=O)N(C(=O)OC(C)(C)C)c1ncc(C(=O)O)cc1Br. The Bertz CT molecular complexity index is 663. The van der Waals surface area contributed by atoms with E-state index >= 15 is 0 Å². The summed E-state index contributed by atoms with van der Waals surface area (Å²) in [5, 5.41) is 9.01. The van der Waals surface area contributed by atoms with E-state index in [4.69, 9.17) is 14.6 Å². The van der Waals surface area contributed by atoms with Crippen molar-refractivity contribution in [2.75, 3.05) is 4.90 Å². The van der Waals surface area contributed by atoms with Crippen molar-refractivity contribution >= 4 is 39.9 Å². The summed E-state index contributed by atoms with van der Waals surface area (Å²) in [6, 6.07) is 1.23. The molecule has 0 spiro atoms. The summed E-state index contributed by atoms with van der Waals surface area (Å²) < 4.78 is 10.6. The molecule has 0 aromatic carbocycles. The monoisotopic (exact) mass is 416 g/mol. The van der Waals surface area contributed by atoms with Gasteiger partial charge in [0.15, 0.2) is 5.82 Å². The number of carboxylic acid groups (broad SMARTS) is 1. The number of hydrogen-bond donors (Lipinski definition) is 1. The van der Waals surface area contributed by atoms with Gasteiger partial charge >= 0.3 is 18.2 Å². The van der Waals surface area contributed by atoms with E-state index in [0.29, 0.717) is 4.90 Å². The summed E-state index contributed by atoms with van der Waals surface area (Å²) >= 11 is 3.13. The van der Waals surface area contributed by atoms with Gasteiger partial charge in [0.1, 0.15) is 11.2 Å². The van der Waals surface area contributed by atoms with Crippen LogP contribution in [0.25, 0.3) is 0 Å². The van der Waals surface area contributed by atoms with Gasteiger partial charge < -0.3 is 14.6 Å². The first-order valence-corrected chi connectivity index (χ1v) is 8.15. The smallest absolute Gasteiger partial charge is 0.425 e. The van der Waals surface area contributed by atoms with Gasteiger partial charge in [0, 0.05) is 6.20 Å². The van der Waals surface area contributed by atoms with Crippen LogP contribution in [0.4, 0.5) is 15.4 Å². The highest BCUT2D eigenvalue weighted by Crippen LogP contribution is 2.28. The van der Waals surface area contributed by atoms with Gasteiger partial charge in [0.2, 0.25) is 0 Å². The summed E-state index contributed by atoms with van der Waals surface area (Å²) in [5.74, 6) is -1.32. The van der Waals surface area contributed by atoms with Crippen LogP contribution < -0.4 is 4.90 Å². The Morgan fingerprint density at radius 1 is 1.04 bits per heavy atom. The van der Waals surface area contributed by atoms with Crippen LogP contribution in [0.5, 0.6) is 0 Å². The summed E-state index contributed by atoms with van der Waals surface area (Å²) in [7, 11) is 0. The number of imide groups is 1. The number of halogens is 1. The van der Waals surface area contributed by atoms with Crippen LogP contribution >= 0.6 is 15.9 Å². The number of hydrogen-bond acceptors (Lipinski definition) is 6. The Kier molecular flexibility index (Phi) is 6.17. The van der Waals surface area contributed by atoms with Gasteiger partial charge in [0.25, 0.3) is 0 Å². The fraction of sp³-hybridized carbons (Fsp3) is 0.500. The van der Waals surface area contributed by atoms with E-state index in [0.717, 1.165) is 6.20 Å². The Morgan fingerprint density at radius 3 is 1.80 bits per heavy atom. The maximum Gasteiger partial charge on any atom is 0.425 e. The van der Waals surface area contributed by atoms with Crippen molar-refractivity contribution < 1.29 is 29.0 Å². The molecule has 2 amide bonds. The van der Waals surface area contributed by atoms with Gasteiger partial charge in [-0.25, -0.2) is 19.4 Å². The maximum atomic E-state index is 12.5. The third-order valence-electron chi connectivity index (χ3n) is 2.43. The summed E-state index contributed by atoms with van der Waals surface area (Å²) in [5.41, 5.74) is -1.82. The van der Waals surface area contributed by atoms with Crippen LogP contribution in [0.15, 0.2) is 16.7 Å². The van der Waals surface area contributed by atoms with E-state index in [1.807, 2.05) is 0 Å². The van der Waals surface area contributed by atoms with E-state index in [-0.39, 0.29) is 15.9 Å². The molecule has 0 aliphatic carbocycles. The number of ether oxygens (including phenoxy) is 2. The second-order valence-electron chi connectivity index (χ2n) is 7.13. The fourth-order valence-corrected chi connectivity index (χ4v) is 2.10. The molecular formula is C16H21BrN2O6. The van der Waals surface area contributed by atoms with Crippen molar-refractivity contribution in [2.24, 2.45) is 0 Å². The van der Waals surface area contributed by atoms with E-state index in [2.05, 4.69) is 20.9 Å². The highest BCUT2D eigenvalue weighted by Gasteiger charge is 2.34. The van der Waals surface area contributed by atoms with Crippen LogP contribution in [0.1, 0.15) is 51.9 Å². The van der Waals surface area contributed by atoms with E-state index in [1.165, 1.54) is 6.07 Å². The topological polar surface area (TPSA) is 106 Å². The molecule has 9 heteroatoms. The summed E-state index contributed by atoms with van der Waals surface area (Å²) in [6.45, 7) is 9.88. The van der Waals surface area contributed by atoms with Crippen LogP contribution in [0.3, 0.4) is 0 Å². The minimum Gasteiger partial charge on any atom is -0.478 e. The molecule has 1 heterocycles. The number of carboxylic acids is 1. The number of rotatable bonds is 2. The molecule has 8 nitrogen and oxygen atoms in total. The molecule has 0 saturated carbocycles. The second-order valence-corrected chi connectivity index (χ2v) is 7.99. The maximum absolute atomic E-state index is 12.5. The predicted octanol–water partition coefficient (Wildman–Crippen LogP) is 4.22. The Balaban J connectivity index is 3.33. The first kappa shape index (κ1) is 20.9. The average Bonchev–Trinajstić information content (AvgIpc) is 2.36. The molecule has 1 rings (SSSR count). The lowest BCUT2D eigenvalue weighted by Gasteiger charge is -2.28. The summed E-state index contributed by atoms with van der Waals surface area (Å²) in [4.78, 5) is 40.5. The molecule has 0 unspecified atom stereocenters. The fourth-order valence-electron chi connectivity index (χ4n) is 1.57. The first-order valence-electron chi connectivity index (χ1n) is 7.36. The van der Waals surface area contributed by atoms with Gasteiger partial charge in [-0.3, -0.25) is 0 Å². The van der Waals surface area contributed by atoms with Crippen molar-refractivity contribution in [1.82, 2.24) is 4.98 Å². The zero-order chi connectivity index (χ0) is 19.6. The first-order chi connectivity index (χ1) is 11.2. The summed E-state index contributed by atoms with van der Waals surface area (Å²) in [6.07, 6.45) is -0.944. The molecule has 0 aliphatic heterocycles. The highest BCUT2D eigenvalue weighted by atomic mass is 79.9. The highest BCUT2D eigenvalue weighted by molar-refractivity contribution is 9.10. The molecule has 138 valence electrons. The molecule has 0 aliphatic rings. The van der Waals surface area contributed by atoms with Crippen LogP contribution in [-0.2, 0) is 9.47 Å². The van der Waals surface area contributed by atoms with Crippen molar-refractivity contribution in [3.8, 4) is 0 Å². The van der Waals surface area contributed by atoms with Crippen molar-refractivity contribution in [2.45, 2.75) is 52.7 Å². The third kappa shape index (κ3) is 6.33. The lowest BCUT2D eigenvalue weighted by Crippen LogP contribution is -2.44. The Morgan fingerprint density at radius 2 is 1.48 bits per heavy atom. The number of amides is 2.